The van der Waals surface area contributed by atoms with Crippen molar-refractivity contribution in [2.45, 2.75) is 80.6 Å². The first-order valence-electron chi connectivity index (χ1n) is 7.10. The summed E-state index contributed by atoms with van der Waals surface area (Å²) >= 11 is 0. The molecule has 0 aliphatic rings. The average molecular weight is 214 g/mol. The molecule has 0 aliphatic heterocycles. The summed E-state index contributed by atoms with van der Waals surface area (Å²) in [7, 11) is 0. The second kappa shape index (κ2) is 12.1. The van der Waals surface area contributed by atoms with Crippen molar-refractivity contribution in [3.05, 3.63) is 0 Å². The Kier molecular flexibility index (Phi) is 14.0. The van der Waals surface area contributed by atoms with E-state index < -0.39 is 0 Å². The highest BCUT2D eigenvalue weighted by Gasteiger charge is 2.12. The number of hydrogen-bond donors (Lipinski definition) is 0. The van der Waals surface area contributed by atoms with E-state index in [9.17, 15) is 0 Å². The van der Waals surface area contributed by atoms with Gasteiger partial charge in [-0.2, -0.15) is 0 Å². The summed E-state index contributed by atoms with van der Waals surface area (Å²) in [4.78, 5) is 0. The van der Waals surface area contributed by atoms with Crippen LogP contribution >= 0.6 is 0 Å². The van der Waals surface area contributed by atoms with E-state index >= 15 is 0 Å². The van der Waals surface area contributed by atoms with Gasteiger partial charge in [-0.25, -0.2) is 0 Å². The van der Waals surface area contributed by atoms with Crippen molar-refractivity contribution in [1.82, 2.24) is 0 Å². The Bertz CT molecular complexity index is 105. The van der Waals surface area contributed by atoms with Gasteiger partial charge < -0.3 is 0 Å². The maximum absolute atomic E-state index is 2.39. The van der Waals surface area contributed by atoms with E-state index in [0.29, 0.717) is 0 Å². The van der Waals surface area contributed by atoms with Gasteiger partial charge in [0.05, 0.1) is 0 Å². The molecule has 0 aromatic rings. The van der Waals surface area contributed by atoms with E-state index in [2.05, 4.69) is 34.6 Å². The van der Waals surface area contributed by atoms with Crippen molar-refractivity contribution in [3.63, 3.8) is 0 Å². The van der Waals surface area contributed by atoms with Crippen molar-refractivity contribution in [1.29, 1.82) is 0 Å². The fraction of sp³-hybridized carbons (Fsp3) is 1.00. The molecule has 0 nitrogen and oxygen atoms in total. The highest BCUT2D eigenvalue weighted by atomic mass is 14.2. The summed E-state index contributed by atoms with van der Waals surface area (Å²) in [5, 5.41) is 0. The zero-order valence-corrected chi connectivity index (χ0v) is 12.3. The second-order valence-electron chi connectivity index (χ2n) is 5.03. The van der Waals surface area contributed by atoms with Crippen LogP contribution in [0, 0.1) is 17.8 Å². The van der Waals surface area contributed by atoms with E-state index in [-0.39, 0.29) is 0 Å². The summed E-state index contributed by atoms with van der Waals surface area (Å²) < 4.78 is 0. The van der Waals surface area contributed by atoms with Crippen LogP contribution in [-0.2, 0) is 0 Å². The predicted octanol–water partition coefficient (Wildman–Crippen LogP) is 5.91. The Hall–Kier alpha value is 0. The van der Waals surface area contributed by atoms with Gasteiger partial charge in [-0.3, -0.25) is 0 Å². The molecule has 0 saturated heterocycles. The van der Waals surface area contributed by atoms with Gasteiger partial charge in [0.1, 0.15) is 0 Å². The van der Waals surface area contributed by atoms with Crippen LogP contribution in [0.1, 0.15) is 80.6 Å². The molecule has 2 unspecified atom stereocenters. The van der Waals surface area contributed by atoms with Gasteiger partial charge in [0.25, 0.3) is 0 Å². The Morgan fingerprint density at radius 1 is 0.867 bits per heavy atom. The minimum absolute atomic E-state index is 0.876. The average Bonchev–Trinajstić information content (AvgIpc) is 2.20. The summed E-state index contributed by atoms with van der Waals surface area (Å²) in [6.45, 7) is 15.7. The first-order valence-corrected chi connectivity index (χ1v) is 7.10. The molecule has 0 amide bonds. The normalized spacial score (nSPS) is 14.4. The van der Waals surface area contributed by atoms with Crippen LogP contribution in [0.25, 0.3) is 0 Å². The maximum Gasteiger partial charge on any atom is -0.0409 e. The van der Waals surface area contributed by atoms with Crippen molar-refractivity contribution in [2.75, 3.05) is 0 Å². The fourth-order valence-electron chi connectivity index (χ4n) is 2.14. The van der Waals surface area contributed by atoms with Crippen molar-refractivity contribution in [3.8, 4) is 0 Å². The van der Waals surface area contributed by atoms with E-state index in [1.165, 1.54) is 32.1 Å². The van der Waals surface area contributed by atoms with Crippen LogP contribution in [0.4, 0.5) is 0 Å². The lowest BCUT2D eigenvalue weighted by Gasteiger charge is -2.21. The lowest BCUT2D eigenvalue weighted by atomic mass is 9.85. The van der Waals surface area contributed by atoms with Crippen LogP contribution in [0.3, 0.4) is 0 Å². The van der Waals surface area contributed by atoms with Crippen molar-refractivity contribution >= 4 is 0 Å². The minimum atomic E-state index is 0.876. The Balaban J connectivity index is 0. The van der Waals surface area contributed by atoms with Gasteiger partial charge in [0, 0.05) is 0 Å². The Labute approximate surface area is 98.9 Å². The first kappa shape index (κ1) is 17.4. The van der Waals surface area contributed by atoms with Gasteiger partial charge in [-0.05, 0) is 30.6 Å². The first-order chi connectivity index (χ1) is 7.10. The molecule has 0 aliphatic carbocycles. The van der Waals surface area contributed by atoms with E-state index in [1.807, 2.05) is 13.8 Å². The molecule has 0 aromatic carbocycles. The maximum atomic E-state index is 2.39. The summed E-state index contributed by atoms with van der Waals surface area (Å²) in [5.74, 6) is 2.79. The predicted molar refractivity (Wildman–Crippen MR) is 73.3 cm³/mol. The zero-order valence-electron chi connectivity index (χ0n) is 12.3. The molecule has 94 valence electrons. The topological polar surface area (TPSA) is 0 Å². The van der Waals surface area contributed by atoms with Crippen LogP contribution in [0.2, 0.25) is 0 Å². The van der Waals surface area contributed by atoms with E-state index in [0.717, 1.165) is 17.8 Å². The van der Waals surface area contributed by atoms with Gasteiger partial charge in [-0.15, -0.1) is 0 Å². The van der Waals surface area contributed by atoms with Crippen LogP contribution in [0.15, 0.2) is 0 Å². The summed E-state index contributed by atoms with van der Waals surface area (Å²) in [6, 6.07) is 0. The standard InChI is InChI=1S/C13H28.C2H6/c1-6-8-13(9-11(3)4)10-12(5)7-2;1-2/h11-13H,6-10H2,1-5H3;1-2H3. The molecule has 0 radical (unpaired) electrons. The van der Waals surface area contributed by atoms with Gasteiger partial charge in [0.2, 0.25) is 0 Å². The highest BCUT2D eigenvalue weighted by molar-refractivity contribution is 4.64. The third-order valence-corrected chi connectivity index (χ3v) is 2.93. The molecule has 0 bridgehead atoms. The molecular weight excluding hydrogens is 180 g/mol. The van der Waals surface area contributed by atoms with Crippen LogP contribution in [0.5, 0.6) is 0 Å². The van der Waals surface area contributed by atoms with Gasteiger partial charge in [-0.1, -0.05) is 67.7 Å². The quantitative estimate of drug-likeness (QED) is 0.494. The lowest BCUT2D eigenvalue weighted by molar-refractivity contribution is 0.309. The molecule has 0 N–H and O–H groups in total. The Morgan fingerprint density at radius 2 is 1.40 bits per heavy atom. The van der Waals surface area contributed by atoms with Crippen molar-refractivity contribution in [2.24, 2.45) is 17.8 Å². The molecule has 0 saturated carbocycles. The monoisotopic (exact) mass is 214 g/mol. The highest BCUT2D eigenvalue weighted by Crippen LogP contribution is 2.25. The smallest absolute Gasteiger partial charge is 0.0409 e. The molecule has 0 spiro atoms. The Morgan fingerprint density at radius 3 is 1.73 bits per heavy atom. The molecule has 0 heteroatoms. The summed E-state index contributed by atoms with van der Waals surface area (Å²) in [5.41, 5.74) is 0. The van der Waals surface area contributed by atoms with Crippen molar-refractivity contribution < 1.29 is 0 Å². The van der Waals surface area contributed by atoms with Gasteiger partial charge in [0.15, 0.2) is 0 Å². The van der Waals surface area contributed by atoms with Crippen LogP contribution in [-0.4, -0.2) is 0 Å². The number of rotatable bonds is 7. The van der Waals surface area contributed by atoms with E-state index in [4.69, 9.17) is 0 Å². The molecule has 15 heavy (non-hydrogen) atoms. The van der Waals surface area contributed by atoms with E-state index in [1.54, 1.807) is 0 Å². The lowest BCUT2D eigenvalue weighted by Crippen LogP contribution is -2.09. The SMILES string of the molecule is CC.CCCC(CC(C)C)CC(C)CC. The molecule has 0 fully saturated rings. The largest absolute Gasteiger partial charge is 0.0683 e. The molecule has 2 atom stereocenters. The zero-order chi connectivity index (χ0) is 12.3. The molecular formula is C15H34. The number of hydrogen-bond acceptors (Lipinski definition) is 0. The molecule has 0 aromatic heterocycles. The molecule has 0 heterocycles. The fourth-order valence-corrected chi connectivity index (χ4v) is 2.14. The third kappa shape index (κ3) is 11.9. The van der Waals surface area contributed by atoms with Gasteiger partial charge >= 0.3 is 0 Å². The van der Waals surface area contributed by atoms with Crippen LogP contribution < -0.4 is 0 Å². The second-order valence-corrected chi connectivity index (χ2v) is 5.03. The third-order valence-electron chi connectivity index (χ3n) is 2.93. The minimum Gasteiger partial charge on any atom is -0.0683 e. The molecule has 0 rings (SSSR count). The summed E-state index contributed by atoms with van der Waals surface area (Å²) in [6.07, 6.45) is 7.01.